The van der Waals surface area contributed by atoms with Crippen molar-refractivity contribution in [3.8, 4) is 0 Å². The molecule has 1 rings (SSSR count). The zero-order valence-corrected chi connectivity index (χ0v) is 10.9. The van der Waals surface area contributed by atoms with E-state index in [-0.39, 0.29) is 11.3 Å². The lowest BCUT2D eigenvalue weighted by atomic mass is 9.87. The average Bonchev–Trinajstić information content (AvgIpc) is 2.58. The molecule has 1 amide bonds. The average molecular weight is 227 g/mol. The van der Waals surface area contributed by atoms with Crippen LogP contribution in [0.4, 0.5) is 0 Å². The van der Waals surface area contributed by atoms with Gasteiger partial charge in [0.05, 0.1) is 6.04 Å². The predicted octanol–water partition coefficient (Wildman–Crippen LogP) is 0.428. The molecule has 1 heterocycles. The molecular weight excluding hydrogens is 202 g/mol. The third-order valence-electron chi connectivity index (χ3n) is 3.27. The Hall–Kier alpha value is -0.610. The van der Waals surface area contributed by atoms with E-state index in [0.29, 0.717) is 5.92 Å². The molecule has 0 aliphatic carbocycles. The highest BCUT2D eigenvalue weighted by Gasteiger charge is 2.28. The predicted molar refractivity (Wildman–Crippen MR) is 66.0 cm³/mol. The van der Waals surface area contributed by atoms with E-state index in [1.807, 2.05) is 20.8 Å². The molecule has 0 spiro atoms. The van der Waals surface area contributed by atoms with Crippen molar-refractivity contribution >= 4 is 5.91 Å². The summed E-state index contributed by atoms with van der Waals surface area (Å²) in [4.78, 5) is 14.1. The Morgan fingerprint density at radius 2 is 2.19 bits per heavy atom. The van der Waals surface area contributed by atoms with Crippen LogP contribution in [0.5, 0.6) is 0 Å². The van der Waals surface area contributed by atoms with Crippen LogP contribution in [-0.2, 0) is 4.79 Å². The van der Waals surface area contributed by atoms with E-state index < -0.39 is 6.04 Å². The Balaban J connectivity index is 2.30. The number of hydrogen-bond donors (Lipinski definition) is 2. The summed E-state index contributed by atoms with van der Waals surface area (Å²) in [7, 11) is 2.11. The maximum atomic E-state index is 11.8. The van der Waals surface area contributed by atoms with Crippen LogP contribution < -0.4 is 11.1 Å². The van der Waals surface area contributed by atoms with Gasteiger partial charge in [-0.3, -0.25) is 4.79 Å². The Morgan fingerprint density at radius 1 is 1.56 bits per heavy atom. The molecule has 2 atom stereocenters. The van der Waals surface area contributed by atoms with Crippen molar-refractivity contribution < 1.29 is 4.79 Å². The van der Waals surface area contributed by atoms with Crippen molar-refractivity contribution in [2.45, 2.75) is 33.2 Å². The van der Waals surface area contributed by atoms with Gasteiger partial charge < -0.3 is 16.0 Å². The lowest BCUT2D eigenvalue weighted by molar-refractivity contribution is -0.124. The first kappa shape index (κ1) is 13.5. The number of amides is 1. The minimum Gasteiger partial charge on any atom is -0.354 e. The van der Waals surface area contributed by atoms with Crippen molar-refractivity contribution in [2.24, 2.45) is 17.1 Å². The SMILES string of the molecule is CN1CCC(CNC(=O)C(N)C(C)(C)C)C1. The van der Waals surface area contributed by atoms with Crippen LogP contribution in [0.1, 0.15) is 27.2 Å². The van der Waals surface area contributed by atoms with Gasteiger partial charge in [0.1, 0.15) is 0 Å². The maximum absolute atomic E-state index is 11.8. The standard InChI is InChI=1S/C12H25N3O/c1-12(2,3)10(13)11(16)14-7-9-5-6-15(4)8-9/h9-10H,5-8,13H2,1-4H3,(H,14,16). The number of nitrogens with one attached hydrogen (secondary N) is 1. The van der Waals surface area contributed by atoms with E-state index in [9.17, 15) is 4.79 Å². The lowest BCUT2D eigenvalue weighted by Gasteiger charge is -2.26. The summed E-state index contributed by atoms with van der Waals surface area (Å²) < 4.78 is 0. The summed E-state index contributed by atoms with van der Waals surface area (Å²) in [5, 5.41) is 2.96. The van der Waals surface area contributed by atoms with Gasteiger partial charge in [0.25, 0.3) is 0 Å². The van der Waals surface area contributed by atoms with Crippen LogP contribution in [0.2, 0.25) is 0 Å². The summed E-state index contributed by atoms with van der Waals surface area (Å²) in [6.07, 6.45) is 1.17. The normalized spacial score (nSPS) is 24.4. The molecule has 94 valence electrons. The van der Waals surface area contributed by atoms with Gasteiger partial charge in [-0.05, 0) is 31.3 Å². The van der Waals surface area contributed by atoms with Crippen molar-refractivity contribution in [1.29, 1.82) is 0 Å². The first-order valence-corrected chi connectivity index (χ1v) is 6.02. The van der Waals surface area contributed by atoms with Gasteiger partial charge in [0.15, 0.2) is 0 Å². The third-order valence-corrected chi connectivity index (χ3v) is 3.27. The summed E-state index contributed by atoms with van der Waals surface area (Å²) in [6, 6.07) is -0.424. The molecule has 0 radical (unpaired) electrons. The molecule has 4 heteroatoms. The van der Waals surface area contributed by atoms with Gasteiger partial charge in [-0.25, -0.2) is 0 Å². The van der Waals surface area contributed by atoms with Gasteiger partial charge >= 0.3 is 0 Å². The van der Waals surface area contributed by atoms with Crippen molar-refractivity contribution in [2.75, 3.05) is 26.7 Å². The number of carbonyl (C=O) groups excluding carboxylic acids is 1. The van der Waals surface area contributed by atoms with Gasteiger partial charge in [0.2, 0.25) is 5.91 Å². The molecule has 0 aromatic carbocycles. The lowest BCUT2D eigenvalue weighted by Crippen LogP contribution is -2.49. The van der Waals surface area contributed by atoms with Gasteiger partial charge in [-0.15, -0.1) is 0 Å². The van der Waals surface area contributed by atoms with Crippen molar-refractivity contribution in [1.82, 2.24) is 10.2 Å². The number of rotatable bonds is 3. The summed E-state index contributed by atoms with van der Waals surface area (Å²) in [5.74, 6) is 0.558. The van der Waals surface area contributed by atoms with Crippen LogP contribution in [0, 0.1) is 11.3 Å². The van der Waals surface area contributed by atoms with E-state index in [0.717, 1.165) is 19.6 Å². The quantitative estimate of drug-likeness (QED) is 0.735. The molecule has 3 N–H and O–H groups in total. The van der Waals surface area contributed by atoms with Crippen LogP contribution in [0.3, 0.4) is 0 Å². The highest BCUT2D eigenvalue weighted by atomic mass is 16.2. The minimum absolute atomic E-state index is 0.0259. The van der Waals surface area contributed by atoms with Gasteiger partial charge in [-0.2, -0.15) is 0 Å². The smallest absolute Gasteiger partial charge is 0.237 e. The summed E-state index contributed by atoms with van der Waals surface area (Å²) in [5.41, 5.74) is 5.71. The zero-order chi connectivity index (χ0) is 12.3. The molecule has 1 aliphatic heterocycles. The Labute approximate surface area is 98.6 Å². The molecule has 0 aromatic rings. The molecule has 1 saturated heterocycles. The van der Waals surface area contributed by atoms with E-state index in [4.69, 9.17) is 5.73 Å². The highest BCUT2D eigenvalue weighted by molar-refractivity contribution is 5.82. The van der Waals surface area contributed by atoms with E-state index in [1.54, 1.807) is 0 Å². The number of hydrogen-bond acceptors (Lipinski definition) is 3. The topological polar surface area (TPSA) is 58.4 Å². The fourth-order valence-corrected chi connectivity index (χ4v) is 1.94. The van der Waals surface area contributed by atoms with Crippen LogP contribution in [0.25, 0.3) is 0 Å². The van der Waals surface area contributed by atoms with Gasteiger partial charge in [-0.1, -0.05) is 20.8 Å². The highest BCUT2D eigenvalue weighted by Crippen LogP contribution is 2.18. The molecule has 2 unspecified atom stereocenters. The molecule has 0 saturated carbocycles. The first-order chi connectivity index (χ1) is 7.30. The summed E-state index contributed by atoms with van der Waals surface area (Å²) in [6.45, 7) is 8.92. The van der Waals surface area contributed by atoms with E-state index in [1.165, 1.54) is 6.42 Å². The molecule has 4 nitrogen and oxygen atoms in total. The van der Waals surface area contributed by atoms with Crippen molar-refractivity contribution in [3.63, 3.8) is 0 Å². The third kappa shape index (κ3) is 3.76. The largest absolute Gasteiger partial charge is 0.354 e. The van der Waals surface area contributed by atoms with E-state index in [2.05, 4.69) is 17.3 Å². The molecule has 16 heavy (non-hydrogen) atoms. The van der Waals surface area contributed by atoms with Crippen LogP contribution >= 0.6 is 0 Å². The molecular formula is C12H25N3O. The number of likely N-dealkylation sites (tertiary alicyclic amines) is 1. The Kier molecular flexibility index (Phi) is 4.33. The maximum Gasteiger partial charge on any atom is 0.237 e. The van der Waals surface area contributed by atoms with Crippen molar-refractivity contribution in [3.05, 3.63) is 0 Å². The fraction of sp³-hybridized carbons (Fsp3) is 0.917. The Bertz CT molecular complexity index is 247. The first-order valence-electron chi connectivity index (χ1n) is 6.02. The van der Waals surface area contributed by atoms with E-state index >= 15 is 0 Å². The second kappa shape index (κ2) is 5.15. The van der Waals surface area contributed by atoms with Crippen LogP contribution in [-0.4, -0.2) is 43.5 Å². The Morgan fingerprint density at radius 3 is 2.62 bits per heavy atom. The summed E-state index contributed by atoms with van der Waals surface area (Å²) >= 11 is 0. The molecule has 0 bridgehead atoms. The van der Waals surface area contributed by atoms with Crippen LogP contribution in [0.15, 0.2) is 0 Å². The second-order valence-corrected chi connectivity index (χ2v) is 6.01. The molecule has 1 aliphatic rings. The number of nitrogens with two attached hydrogens (primary N) is 1. The molecule has 1 fully saturated rings. The second-order valence-electron chi connectivity index (χ2n) is 6.01. The zero-order valence-electron chi connectivity index (χ0n) is 10.9. The fourth-order valence-electron chi connectivity index (χ4n) is 1.94. The number of carbonyl (C=O) groups is 1. The minimum atomic E-state index is -0.424. The van der Waals surface area contributed by atoms with Gasteiger partial charge in [0, 0.05) is 13.1 Å². The number of nitrogens with zero attached hydrogens (tertiary/aromatic N) is 1. The monoisotopic (exact) mass is 227 g/mol. The molecule has 0 aromatic heterocycles.